The lowest BCUT2D eigenvalue weighted by Crippen LogP contribution is -2.36. The van der Waals surface area contributed by atoms with Crippen LogP contribution in [0.1, 0.15) is 18.0 Å². The second kappa shape index (κ2) is 6.70. The van der Waals surface area contributed by atoms with Crippen LogP contribution in [-0.2, 0) is 4.74 Å². The number of rotatable bonds is 3. The highest BCUT2D eigenvalue weighted by molar-refractivity contribution is 7.99. The number of hydrogen-bond acceptors (Lipinski definition) is 5. The van der Waals surface area contributed by atoms with Crippen LogP contribution in [0.4, 0.5) is 0 Å². The van der Waals surface area contributed by atoms with Gasteiger partial charge >= 0.3 is 0 Å². The Morgan fingerprint density at radius 1 is 1.20 bits per heavy atom. The second-order valence-electron chi connectivity index (χ2n) is 5.01. The molecule has 2 aliphatic rings. The molecule has 0 spiro atoms. The minimum Gasteiger partial charge on any atom is -0.490 e. The summed E-state index contributed by atoms with van der Waals surface area (Å²) in [7, 11) is 1.98. The molecule has 0 amide bonds. The van der Waals surface area contributed by atoms with Gasteiger partial charge in [-0.25, -0.2) is 0 Å². The third kappa shape index (κ3) is 3.05. The van der Waals surface area contributed by atoms with Gasteiger partial charge < -0.3 is 19.5 Å². The maximum absolute atomic E-state index is 5.90. The Morgan fingerprint density at radius 2 is 2.05 bits per heavy atom. The predicted molar refractivity (Wildman–Crippen MR) is 80.9 cm³/mol. The number of ether oxygens (including phenoxy) is 3. The van der Waals surface area contributed by atoms with E-state index in [-0.39, 0.29) is 12.1 Å². The summed E-state index contributed by atoms with van der Waals surface area (Å²) >= 11 is 1.95. The first-order valence-corrected chi connectivity index (χ1v) is 8.30. The molecule has 1 saturated heterocycles. The SMILES string of the molecule is CNC(c1ccc2c(c1)OCCCO2)C1CSCCO1. The average Bonchev–Trinajstić information content (AvgIpc) is 2.74. The quantitative estimate of drug-likeness (QED) is 0.926. The van der Waals surface area contributed by atoms with Crippen molar-refractivity contribution < 1.29 is 14.2 Å². The molecule has 0 radical (unpaired) electrons. The van der Waals surface area contributed by atoms with E-state index in [1.807, 2.05) is 24.9 Å². The molecule has 0 saturated carbocycles. The fourth-order valence-electron chi connectivity index (χ4n) is 2.64. The summed E-state index contributed by atoms with van der Waals surface area (Å²) in [6.07, 6.45) is 1.14. The van der Waals surface area contributed by atoms with Gasteiger partial charge in [0, 0.05) is 17.9 Å². The minimum absolute atomic E-state index is 0.194. The Morgan fingerprint density at radius 3 is 2.80 bits per heavy atom. The van der Waals surface area contributed by atoms with Gasteiger partial charge in [0.1, 0.15) is 0 Å². The Kier molecular flexibility index (Phi) is 4.70. The van der Waals surface area contributed by atoms with Gasteiger partial charge in [0.15, 0.2) is 11.5 Å². The summed E-state index contributed by atoms with van der Waals surface area (Å²) in [4.78, 5) is 0. The largest absolute Gasteiger partial charge is 0.490 e. The smallest absolute Gasteiger partial charge is 0.161 e. The number of hydrogen-bond donors (Lipinski definition) is 1. The van der Waals surface area contributed by atoms with Crippen LogP contribution in [0.25, 0.3) is 0 Å². The second-order valence-corrected chi connectivity index (χ2v) is 6.16. The fraction of sp³-hybridized carbons (Fsp3) is 0.600. The molecule has 2 heterocycles. The lowest BCUT2D eigenvalue weighted by Gasteiger charge is -2.30. The molecule has 0 aromatic heterocycles. The van der Waals surface area contributed by atoms with Crippen LogP contribution < -0.4 is 14.8 Å². The first-order chi connectivity index (χ1) is 9.88. The van der Waals surface area contributed by atoms with E-state index in [1.165, 1.54) is 5.56 Å². The highest BCUT2D eigenvalue weighted by Crippen LogP contribution is 2.34. The molecular weight excluding hydrogens is 274 g/mol. The molecule has 0 bridgehead atoms. The van der Waals surface area contributed by atoms with Crippen molar-refractivity contribution in [3.8, 4) is 11.5 Å². The number of likely N-dealkylation sites (N-methyl/N-ethyl adjacent to an activating group) is 1. The van der Waals surface area contributed by atoms with Crippen molar-refractivity contribution in [1.29, 1.82) is 0 Å². The molecule has 110 valence electrons. The van der Waals surface area contributed by atoms with Gasteiger partial charge in [-0.15, -0.1) is 0 Å². The van der Waals surface area contributed by atoms with E-state index in [1.54, 1.807) is 0 Å². The standard InChI is InChI=1S/C15H21NO3S/c1-16-15(14-10-20-8-7-19-14)11-3-4-12-13(9-11)18-6-2-5-17-12/h3-4,9,14-16H,2,5-8,10H2,1H3. The number of fused-ring (bicyclic) bond motifs is 1. The van der Waals surface area contributed by atoms with Gasteiger partial charge in [0.25, 0.3) is 0 Å². The van der Waals surface area contributed by atoms with E-state index in [2.05, 4.69) is 17.4 Å². The van der Waals surface area contributed by atoms with E-state index in [9.17, 15) is 0 Å². The first-order valence-electron chi connectivity index (χ1n) is 7.14. The van der Waals surface area contributed by atoms with Crippen LogP contribution in [0.2, 0.25) is 0 Å². The highest BCUT2D eigenvalue weighted by atomic mass is 32.2. The predicted octanol–water partition coefficient (Wildman–Crippen LogP) is 2.24. The van der Waals surface area contributed by atoms with Crippen LogP contribution in [0, 0.1) is 0 Å². The van der Waals surface area contributed by atoms with E-state index in [0.717, 1.165) is 49.2 Å². The Labute approximate surface area is 124 Å². The zero-order valence-electron chi connectivity index (χ0n) is 11.8. The highest BCUT2D eigenvalue weighted by Gasteiger charge is 2.26. The van der Waals surface area contributed by atoms with Crippen LogP contribution in [0.15, 0.2) is 18.2 Å². The Bertz CT molecular complexity index is 449. The minimum atomic E-state index is 0.194. The lowest BCUT2D eigenvalue weighted by atomic mass is 10.0. The van der Waals surface area contributed by atoms with E-state index in [0.29, 0.717) is 0 Å². The fourth-order valence-corrected chi connectivity index (χ4v) is 3.54. The molecule has 1 fully saturated rings. The third-order valence-electron chi connectivity index (χ3n) is 3.66. The summed E-state index contributed by atoms with van der Waals surface area (Å²) < 4.78 is 17.4. The van der Waals surface area contributed by atoms with Gasteiger partial charge in [-0.2, -0.15) is 11.8 Å². The number of nitrogens with one attached hydrogen (secondary N) is 1. The van der Waals surface area contributed by atoms with E-state index < -0.39 is 0 Å². The van der Waals surface area contributed by atoms with Crippen molar-refractivity contribution in [2.75, 3.05) is 38.4 Å². The maximum Gasteiger partial charge on any atom is 0.161 e. The van der Waals surface area contributed by atoms with Crippen LogP contribution in [0.5, 0.6) is 11.5 Å². The first kappa shape index (κ1) is 14.0. The van der Waals surface area contributed by atoms with E-state index in [4.69, 9.17) is 14.2 Å². The van der Waals surface area contributed by atoms with Crippen molar-refractivity contribution in [3.05, 3.63) is 23.8 Å². The summed E-state index contributed by atoms with van der Waals surface area (Å²) in [6.45, 7) is 2.28. The van der Waals surface area contributed by atoms with Gasteiger partial charge in [-0.3, -0.25) is 0 Å². The topological polar surface area (TPSA) is 39.7 Å². The van der Waals surface area contributed by atoms with Crippen molar-refractivity contribution >= 4 is 11.8 Å². The van der Waals surface area contributed by atoms with Gasteiger partial charge in [0.05, 0.1) is 32.0 Å². The zero-order valence-corrected chi connectivity index (χ0v) is 12.6. The molecule has 1 N–H and O–H groups in total. The van der Waals surface area contributed by atoms with Crippen molar-refractivity contribution in [2.45, 2.75) is 18.6 Å². The van der Waals surface area contributed by atoms with Gasteiger partial charge in [0.2, 0.25) is 0 Å². The van der Waals surface area contributed by atoms with Crippen LogP contribution in [0.3, 0.4) is 0 Å². The Balaban J connectivity index is 1.82. The molecule has 2 aliphatic heterocycles. The molecule has 4 nitrogen and oxygen atoms in total. The lowest BCUT2D eigenvalue weighted by molar-refractivity contribution is 0.0488. The third-order valence-corrected chi connectivity index (χ3v) is 4.67. The summed E-state index contributed by atoms with van der Waals surface area (Å²) in [5, 5.41) is 3.38. The number of benzene rings is 1. The van der Waals surface area contributed by atoms with Gasteiger partial charge in [-0.1, -0.05) is 6.07 Å². The molecule has 0 aliphatic carbocycles. The molecule has 1 aromatic carbocycles. The molecule has 2 unspecified atom stereocenters. The van der Waals surface area contributed by atoms with Crippen LogP contribution >= 0.6 is 11.8 Å². The molecular formula is C15H21NO3S. The summed E-state index contributed by atoms with van der Waals surface area (Å²) in [5.74, 6) is 3.82. The molecule has 20 heavy (non-hydrogen) atoms. The van der Waals surface area contributed by atoms with Crippen molar-refractivity contribution in [3.63, 3.8) is 0 Å². The molecule has 3 rings (SSSR count). The maximum atomic E-state index is 5.90. The number of thioether (sulfide) groups is 1. The van der Waals surface area contributed by atoms with Crippen molar-refractivity contribution in [2.24, 2.45) is 0 Å². The van der Waals surface area contributed by atoms with Gasteiger partial charge in [-0.05, 0) is 24.7 Å². The zero-order chi connectivity index (χ0) is 13.8. The summed E-state index contributed by atoms with van der Waals surface area (Å²) in [6, 6.07) is 6.40. The van der Waals surface area contributed by atoms with Crippen LogP contribution in [-0.4, -0.2) is 44.5 Å². The monoisotopic (exact) mass is 295 g/mol. The Hall–Kier alpha value is -0.910. The van der Waals surface area contributed by atoms with E-state index >= 15 is 0 Å². The normalized spacial score (nSPS) is 23.9. The molecule has 5 heteroatoms. The van der Waals surface area contributed by atoms with Crippen molar-refractivity contribution in [1.82, 2.24) is 5.32 Å². The summed E-state index contributed by atoms with van der Waals surface area (Å²) in [5.41, 5.74) is 1.20. The molecule has 2 atom stereocenters. The molecule has 1 aromatic rings. The average molecular weight is 295 g/mol.